The van der Waals surface area contributed by atoms with Gasteiger partial charge in [-0.1, -0.05) is 6.07 Å². The Morgan fingerprint density at radius 2 is 2.00 bits per heavy atom. The Hall–Kier alpha value is -1.96. The van der Waals surface area contributed by atoms with E-state index < -0.39 is 28.8 Å². The van der Waals surface area contributed by atoms with Gasteiger partial charge < -0.3 is 9.47 Å². The van der Waals surface area contributed by atoms with E-state index in [2.05, 4.69) is 10.0 Å². The Kier molecular flexibility index (Phi) is 3.77. The van der Waals surface area contributed by atoms with Crippen LogP contribution < -0.4 is 14.8 Å². The molecule has 0 unspecified atom stereocenters. The number of rotatable bonds is 4. The molecule has 7 nitrogen and oxygen atoms in total. The fourth-order valence-corrected chi connectivity index (χ4v) is 2.01. The maximum absolute atomic E-state index is 11.9. The molecule has 0 atom stereocenters. The maximum Gasteiger partial charge on any atom is 0.412 e. The summed E-state index contributed by atoms with van der Waals surface area (Å²) in [5.41, 5.74) is -0.972. The molecular formula is C13H20N2O5S. The number of para-hydroxylation sites is 1. The van der Waals surface area contributed by atoms with Crippen LogP contribution in [0.1, 0.15) is 24.9 Å². The van der Waals surface area contributed by atoms with E-state index in [0.717, 1.165) is 6.26 Å². The fourth-order valence-electron chi connectivity index (χ4n) is 1.42. The van der Waals surface area contributed by atoms with Crippen molar-refractivity contribution in [2.24, 2.45) is 0 Å². The van der Waals surface area contributed by atoms with Crippen molar-refractivity contribution < 1.29 is 26.8 Å². The lowest BCUT2D eigenvalue weighted by Crippen LogP contribution is -2.27. The SMILES string of the molecule is [2H]C([2H])([2H])Oc1cccc(NC(=O)OC(C)(C)C)c1NS(C)(=O)=O. The Bertz CT molecular complexity index is 711. The van der Waals surface area contributed by atoms with Crippen molar-refractivity contribution in [1.29, 1.82) is 0 Å². The van der Waals surface area contributed by atoms with Crippen molar-refractivity contribution in [2.45, 2.75) is 26.4 Å². The second kappa shape index (κ2) is 6.21. The lowest BCUT2D eigenvalue weighted by molar-refractivity contribution is 0.0636. The van der Waals surface area contributed by atoms with Crippen molar-refractivity contribution in [1.82, 2.24) is 0 Å². The molecule has 118 valence electrons. The highest BCUT2D eigenvalue weighted by Gasteiger charge is 2.19. The molecule has 1 rings (SSSR count). The molecule has 0 spiro atoms. The molecule has 0 aliphatic rings. The first-order valence-corrected chi connectivity index (χ1v) is 7.85. The molecule has 0 saturated heterocycles. The number of benzene rings is 1. The Labute approximate surface area is 128 Å². The average molecular weight is 319 g/mol. The van der Waals surface area contributed by atoms with Crippen LogP contribution in [0.2, 0.25) is 0 Å². The van der Waals surface area contributed by atoms with E-state index >= 15 is 0 Å². The lowest BCUT2D eigenvalue weighted by Gasteiger charge is -2.21. The Morgan fingerprint density at radius 1 is 1.33 bits per heavy atom. The van der Waals surface area contributed by atoms with E-state index in [0.29, 0.717) is 0 Å². The third kappa shape index (κ3) is 5.90. The molecule has 8 heteroatoms. The van der Waals surface area contributed by atoms with Gasteiger partial charge in [0.1, 0.15) is 17.0 Å². The molecule has 0 radical (unpaired) electrons. The van der Waals surface area contributed by atoms with Crippen LogP contribution in [-0.4, -0.2) is 33.4 Å². The molecule has 0 saturated carbocycles. The Morgan fingerprint density at radius 3 is 2.52 bits per heavy atom. The number of methoxy groups -OCH3 is 1. The monoisotopic (exact) mass is 319 g/mol. The number of ether oxygens (including phenoxy) is 2. The van der Waals surface area contributed by atoms with Gasteiger partial charge in [0, 0.05) is 0 Å². The molecule has 0 bridgehead atoms. The molecule has 0 aliphatic carbocycles. The van der Waals surface area contributed by atoms with Crippen LogP contribution in [0.15, 0.2) is 18.2 Å². The zero-order chi connectivity index (χ0) is 18.8. The van der Waals surface area contributed by atoms with E-state index in [9.17, 15) is 13.2 Å². The van der Waals surface area contributed by atoms with Crippen molar-refractivity contribution in [3.8, 4) is 5.75 Å². The third-order valence-corrected chi connectivity index (χ3v) is 2.63. The number of anilines is 2. The van der Waals surface area contributed by atoms with Crippen LogP contribution >= 0.6 is 0 Å². The number of carbonyl (C=O) groups is 1. The average Bonchev–Trinajstić information content (AvgIpc) is 2.27. The molecule has 1 amide bonds. The van der Waals surface area contributed by atoms with Gasteiger partial charge in [0.05, 0.1) is 23.1 Å². The molecule has 0 aliphatic heterocycles. The highest BCUT2D eigenvalue weighted by molar-refractivity contribution is 7.92. The number of sulfonamides is 1. The van der Waals surface area contributed by atoms with Gasteiger partial charge >= 0.3 is 6.09 Å². The first-order valence-electron chi connectivity index (χ1n) is 7.46. The van der Waals surface area contributed by atoms with Crippen LogP contribution in [0.4, 0.5) is 16.2 Å². The molecule has 0 heterocycles. The predicted octanol–water partition coefficient (Wildman–Crippen LogP) is 2.41. The van der Waals surface area contributed by atoms with Gasteiger partial charge in [-0.25, -0.2) is 13.2 Å². The van der Waals surface area contributed by atoms with E-state index in [-0.39, 0.29) is 17.1 Å². The van der Waals surface area contributed by atoms with Crippen molar-refractivity contribution in [3.63, 3.8) is 0 Å². The van der Waals surface area contributed by atoms with Crippen molar-refractivity contribution in [3.05, 3.63) is 18.2 Å². The molecular weight excluding hydrogens is 296 g/mol. The molecule has 21 heavy (non-hydrogen) atoms. The summed E-state index contributed by atoms with van der Waals surface area (Å²) in [6.45, 7) is 4.99. The first kappa shape index (κ1) is 12.8. The van der Waals surface area contributed by atoms with Crippen molar-refractivity contribution in [2.75, 3.05) is 23.3 Å². The first-order chi connectivity index (χ1) is 10.7. The summed E-state index contributed by atoms with van der Waals surface area (Å²) in [6.07, 6.45) is 0.0567. The number of hydrogen-bond donors (Lipinski definition) is 2. The van der Waals surface area contributed by atoms with Crippen LogP contribution in [-0.2, 0) is 14.8 Å². The maximum atomic E-state index is 11.9. The summed E-state index contributed by atoms with van der Waals surface area (Å²) in [5.74, 6) is -0.256. The van der Waals surface area contributed by atoms with Crippen LogP contribution in [0.3, 0.4) is 0 Å². The zero-order valence-electron chi connectivity index (χ0n) is 15.2. The fraction of sp³-hybridized carbons (Fsp3) is 0.462. The van der Waals surface area contributed by atoms with Gasteiger partial charge in [-0.3, -0.25) is 10.0 Å². The number of amides is 1. The molecule has 2 N–H and O–H groups in total. The van der Waals surface area contributed by atoms with Crippen LogP contribution in [0.25, 0.3) is 0 Å². The minimum absolute atomic E-state index is 0.00331. The van der Waals surface area contributed by atoms with Gasteiger partial charge in [0.25, 0.3) is 0 Å². The number of carbonyl (C=O) groups excluding carboxylic acids is 1. The summed E-state index contributed by atoms with van der Waals surface area (Å²) in [7, 11) is -6.55. The van der Waals surface area contributed by atoms with Crippen LogP contribution in [0, 0.1) is 0 Å². The van der Waals surface area contributed by atoms with Gasteiger partial charge in [-0.2, -0.15) is 0 Å². The largest absolute Gasteiger partial charge is 0.494 e. The predicted molar refractivity (Wildman–Crippen MR) is 81.3 cm³/mol. The Balaban J connectivity index is 3.23. The lowest BCUT2D eigenvalue weighted by atomic mass is 10.2. The molecule has 1 aromatic carbocycles. The van der Waals surface area contributed by atoms with Gasteiger partial charge in [0.2, 0.25) is 10.0 Å². The summed E-state index contributed by atoms with van der Waals surface area (Å²) >= 11 is 0. The van der Waals surface area contributed by atoms with Gasteiger partial charge in [-0.05, 0) is 32.9 Å². The zero-order valence-corrected chi connectivity index (χ0v) is 13.0. The minimum Gasteiger partial charge on any atom is -0.494 e. The highest BCUT2D eigenvalue weighted by atomic mass is 32.2. The summed E-state index contributed by atoms with van der Waals surface area (Å²) < 4.78 is 56.5. The summed E-state index contributed by atoms with van der Waals surface area (Å²) in [4.78, 5) is 11.9. The second-order valence-corrected chi connectivity index (χ2v) is 7.03. The second-order valence-electron chi connectivity index (χ2n) is 5.28. The van der Waals surface area contributed by atoms with E-state index in [1.807, 2.05) is 0 Å². The topological polar surface area (TPSA) is 93.7 Å². The van der Waals surface area contributed by atoms with E-state index in [1.54, 1.807) is 20.8 Å². The van der Waals surface area contributed by atoms with E-state index in [4.69, 9.17) is 13.6 Å². The minimum atomic E-state index is -3.75. The van der Waals surface area contributed by atoms with Crippen LogP contribution in [0.5, 0.6) is 5.75 Å². The molecule has 0 fully saturated rings. The summed E-state index contributed by atoms with van der Waals surface area (Å²) in [6, 6.07) is 4.05. The van der Waals surface area contributed by atoms with Gasteiger partial charge in [-0.15, -0.1) is 0 Å². The van der Waals surface area contributed by atoms with Gasteiger partial charge in [0.15, 0.2) is 0 Å². The molecule has 0 aromatic heterocycles. The quantitative estimate of drug-likeness (QED) is 0.889. The third-order valence-electron chi connectivity index (χ3n) is 2.06. The number of hydrogen-bond acceptors (Lipinski definition) is 5. The van der Waals surface area contributed by atoms with E-state index in [1.165, 1.54) is 18.2 Å². The normalized spacial score (nSPS) is 14.4. The highest BCUT2D eigenvalue weighted by Crippen LogP contribution is 2.33. The molecule has 1 aromatic rings. The standard InChI is InChI=1S/C13H20N2O5S/c1-13(2,3)20-12(16)14-9-7-6-8-10(19-4)11(9)15-21(5,17)18/h6-8,15H,1-5H3,(H,14,16)/i4D3. The smallest absolute Gasteiger partial charge is 0.412 e. The van der Waals surface area contributed by atoms with Crippen molar-refractivity contribution >= 4 is 27.5 Å². The number of nitrogens with one attached hydrogen (secondary N) is 2. The summed E-state index contributed by atoms with van der Waals surface area (Å²) in [5, 5.41) is 2.36.